The summed E-state index contributed by atoms with van der Waals surface area (Å²) in [5, 5.41) is 3.09. The molecule has 0 radical (unpaired) electrons. The van der Waals surface area contributed by atoms with Crippen LogP contribution in [0, 0.1) is 0 Å². The lowest BCUT2D eigenvalue weighted by Crippen LogP contribution is -2.38. The summed E-state index contributed by atoms with van der Waals surface area (Å²) < 4.78 is 1.41. The highest BCUT2D eigenvalue weighted by Crippen LogP contribution is 2.28. The second kappa shape index (κ2) is 7.83. The van der Waals surface area contributed by atoms with Gasteiger partial charge in [0.25, 0.3) is 5.91 Å². The Morgan fingerprint density at radius 2 is 1.42 bits per heavy atom. The standard InChI is InChI=1S/C22H22N2O2/c1-16(23-22(26)19-13-14-20(25)24(2)15-19)21(17-9-5-3-6-10-17)18-11-7-4-8-12-18/h3-16,21H,1-2H3,(H,23,26)/t16-/m0/s1. The summed E-state index contributed by atoms with van der Waals surface area (Å²) in [5.41, 5.74) is 2.62. The van der Waals surface area contributed by atoms with Gasteiger partial charge in [-0.2, -0.15) is 0 Å². The van der Waals surface area contributed by atoms with Crippen LogP contribution in [0.25, 0.3) is 0 Å². The molecule has 132 valence electrons. The maximum atomic E-state index is 12.7. The summed E-state index contributed by atoms with van der Waals surface area (Å²) in [6.07, 6.45) is 1.56. The number of aromatic nitrogens is 1. The lowest BCUT2D eigenvalue weighted by molar-refractivity contribution is 0.0936. The topological polar surface area (TPSA) is 51.1 Å². The molecule has 2 aromatic carbocycles. The van der Waals surface area contributed by atoms with E-state index in [1.165, 1.54) is 10.6 Å². The van der Waals surface area contributed by atoms with E-state index < -0.39 is 0 Å². The molecule has 0 bridgehead atoms. The monoisotopic (exact) mass is 346 g/mol. The molecule has 0 aliphatic carbocycles. The Kier molecular flexibility index (Phi) is 5.32. The Hall–Kier alpha value is -3.14. The third-order valence-corrected chi connectivity index (χ3v) is 4.52. The second-order valence-electron chi connectivity index (χ2n) is 6.43. The minimum absolute atomic E-state index is 0.0360. The first kappa shape index (κ1) is 17.7. The molecule has 4 heteroatoms. The molecular weight excluding hydrogens is 324 g/mol. The molecule has 1 aromatic heterocycles. The second-order valence-corrected chi connectivity index (χ2v) is 6.43. The fourth-order valence-corrected chi connectivity index (χ4v) is 3.19. The van der Waals surface area contributed by atoms with E-state index in [0.29, 0.717) is 5.56 Å². The Bertz CT molecular complexity index is 894. The van der Waals surface area contributed by atoms with Crippen LogP contribution < -0.4 is 10.9 Å². The van der Waals surface area contributed by atoms with Crippen molar-refractivity contribution in [1.29, 1.82) is 0 Å². The van der Waals surface area contributed by atoms with E-state index in [1.807, 2.05) is 43.3 Å². The zero-order chi connectivity index (χ0) is 18.5. The minimum Gasteiger partial charge on any atom is -0.349 e. The number of carbonyl (C=O) groups is 1. The van der Waals surface area contributed by atoms with Crippen LogP contribution in [0.2, 0.25) is 0 Å². The van der Waals surface area contributed by atoms with Gasteiger partial charge in [-0.1, -0.05) is 60.7 Å². The molecule has 1 atom stereocenters. The lowest BCUT2D eigenvalue weighted by Gasteiger charge is -2.26. The predicted molar refractivity (Wildman–Crippen MR) is 103 cm³/mol. The Morgan fingerprint density at radius 3 is 1.92 bits per heavy atom. The molecule has 0 fully saturated rings. The number of pyridine rings is 1. The average Bonchev–Trinajstić information content (AvgIpc) is 2.66. The van der Waals surface area contributed by atoms with E-state index in [4.69, 9.17) is 0 Å². The van der Waals surface area contributed by atoms with Crippen LogP contribution in [0.4, 0.5) is 0 Å². The fourth-order valence-electron chi connectivity index (χ4n) is 3.19. The van der Waals surface area contributed by atoms with Gasteiger partial charge >= 0.3 is 0 Å². The van der Waals surface area contributed by atoms with E-state index >= 15 is 0 Å². The van der Waals surface area contributed by atoms with Crippen LogP contribution in [0.1, 0.15) is 34.3 Å². The van der Waals surface area contributed by atoms with Crippen molar-refractivity contribution in [3.05, 3.63) is 106 Å². The molecule has 3 rings (SSSR count). The molecule has 0 unspecified atom stereocenters. The first-order chi connectivity index (χ1) is 12.6. The van der Waals surface area contributed by atoms with Crippen molar-refractivity contribution >= 4 is 5.91 Å². The number of hydrogen-bond donors (Lipinski definition) is 1. The summed E-state index contributed by atoms with van der Waals surface area (Å²) in [4.78, 5) is 24.2. The molecular formula is C22H22N2O2. The lowest BCUT2D eigenvalue weighted by atomic mass is 9.85. The SMILES string of the molecule is C[C@H](NC(=O)c1ccc(=O)n(C)c1)C(c1ccccc1)c1ccccc1. The molecule has 4 nitrogen and oxygen atoms in total. The first-order valence-electron chi connectivity index (χ1n) is 8.63. The quantitative estimate of drug-likeness (QED) is 0.770. The van der Waals surface area contributed by atoms with E-state index in [0.717, 1.165) is 11.1 Å². The van der Waals surface area contributed by atoms with E-state index in [-0.39, 0.29) is 23.4 Å². The summed E-state index contributed by atoms with van der Waals surface area (Å²) in [6.45, 7) is 2.00. The smallest absolute Gasteiger partial charge is 0.253 e. The van der Waals surface area contributed by atoms with Gasteiger partial charge in [0.2, 0.25) is 5.56 Å². The summed E-state index contributed by atoms with van der Waals surface area (Å²) in [5.74, 6) is -0.154. The van der Waals surface area contributed by atoms with Gasteiger partial charge in [0.05, 0.1) is 5.56 Å². The van der Waals surface area contributed by atoms with Crippen molar-refractivity contribution in [2.45, 2.75) is 18.9 Å². The van der Waals surface area contributed by atoms with Gasteiger partial charge in [0, 0.05) is 31.3 Å². The maximum Gasteiger partial charge on any atom is 0.253 e. The molecule has 0 aliphatic rings. The molecule has 1 amide bonds. The molecule has 1 N–H and O–H groups in total. The van der Waals surface area contributed by atoms with Gasteiger partial charge in [-0.25, -0.2) is 0 Å². The van der Waals surface area contributed by atoms with Crippen molar-refractivity contribution < 1.29 is 4.79 Å². The minimum atomic E-state index is -0.190. The number of nitrogens with zero attached hydrogens (tertiary/aromatic N) is 1. The van der Waals surface area contributed by atoms with Crippen LogP contribution >= 0.6 is 0 Å². The molecule has 3 aromatic rings. The zero-order valence-electron chi connectivity index (χ0n) is 14.9. The molecule has 0 saturated carbocycles. The average molecular weight is 346 g/mol. The molecule has 26 heavy (non-hydrogen) atoms. The highest BCUT2D eigenvalue weighted by Gasteiger charge is 2.23. The van der Waals surface area contributed by atoms with Crippen molar-refractivity contribution in [3.63, 3.8) is 0 Å². The molecule has 0 saturated heterocycles. The number of hydrogen-bond acceptors (Lipinski definition) is 2. The molecule has 1 heterocycles. The van der Waals surface area contributed by atoms with Crippen molar-refractivity contribution in [3.8, 4) is 0 Å². The molecule has 0 aliphatic heterocycles. The maximum absolute atomic E-state index is 12.7. The number of aryl methyl sites for hydroxylation is 1. The van der Waals surface area contributed by atoms with Crippen LogP contribution in [0.3, 0.4) is 0 Å². The first-order valence-corrected chi connectivity index (χ1v) is 8.63. The van der Waals surface area contributed by atoms with Crippen LogP contribution in [0.5, 0.6) is 0 Å². The van der Waals surface area contributed by atoms with Gasteiger partial charge in [0.1, 0.15) is 0 Å². The van der Waals surface area contributed by atoms with E-state index in [1.54, 1.807) is 19.3 Å². The van der Waals surface area contributed by atoms with Gasteiger partial charge in [0.15, 0.2) is 0 Å². The predicted octanol–water partition coefficient (Wildman–Crippen LogP) is 3.34. The van der Waals surface area contributed by atoms with Crippen LogP contribution in [0.15, 0.2) is 83.8 Å². The van der Waals surface area contributed by atoms with Crippen LogP contribution in [-0.2, 0) is 7.05 Å². The van der Waals surface area contributed by atoms with E-state index in [2.05, 4.69) is 29.6 Å². The van der Waals surface area contributed by atoms with Crippen molar-refractivity contribution in [2.75, 3.05) is 0 Å². The summed E-state index contributed by atoms with van der Waals surface area (Å²) in [7, 11) is 1.64. The Balaban J connectivity index is 1.88. The van der Waals surface area contributed by atoms with Crippen molar-refractivity contribution in [2.24, 2.45) is 7.05 Å². The third kappa shape index (κ3) is 3.91. The van der Waals surface area contributed by atoms with Crippen LogP contribution in [-0.4, -0.2) is 16.5 Å². The Morgan fingerprint density at radius 1 is 0.885 bits per heavy atom. The van der Waals surface area contributed by atoms with Gasteiger partial charge in [-0.15, -0.1) is 0 Å². The van der Waals surface area contributed by atoms with Crippen molar-refractivity contribution in [1.82, 2.24) is 9.88 Å². The molecule has 0 spiro atoms. The number of amides is 1. The number of nitrogens with one attached hydrogen (secondary N) is 1. The van der Waals surface area contributed by atoms with E-state index in [9.17, 15) is 9.59 Å². The highest BCUT2D eigenvalue weighted by molar-refractivity contribution is 5.94. The summed E-state index contributed by atoms with van der Waals surface area (Å²) >= 11 is 0. The largest absolute Gasteiger partial charge is 0.349 e. The third-order valence-electron chi connectivity index (χ3n) is 4.52. The zero-order valence-corrected chi connectivity index (χ0v) is 14.9. The van der Waals surface area contributed by atoms with Gasteiger partial charge in [-0.05, 0) is 24.1 Å². The number of carbonyl (C=O) groups excluding carboxylic acids is 1. The van der Waals surface area contributed by atoms with Gasteiger partial charge in [-0.3, -0.25) is 9.59 Å². The Labute approximate surface area is 153 Å². The summed E-state index contributed by atoms with van der Waals surface area (Å²) in [6, 6.07) is 23.1. The van der Waals surface area contributed by atoms with Gasteiger partial charge < -0.3 is 9.88 Å². The highest BCUT2D eigenvalue weighted by atomic mass is 16.2. The number of benzene rings is 2. The normalized spacial score (nSPS) is 12.0. The fraction of sp³-hybridized carbons (Fsp3) is 0.182. The number of rotatable bonds is 5.